The number of hydrogen-bond donors (Lipinski definition) is 1. The molecule has 0 amide bonds. The summed E-state index contributed by atoms with van der Waals surface area (Å²) in [5.41, 5.74) is 6.28. The van der Waals surface area contributed by atoms with Crippen LogP contribution in [-0.2, 0) is 32.5 Å². The minimum atomic E-state index is 0.742. The first-order valence-electron chi connectivity index (χ1n) is 9.79. The third-order valence-electron chi connectivity index (χ3n) is 5.67. The van der Waals surface area contributed by atoms with E-state index in [1.165, 1.54) is 35.2 Å². The Kier molecular flexibility index (Phi) is 4.20. The molecule has 0 spiro atoms. The highest BCUT2D eigenvalue weighted by atomic mass is 16.5. The van der Waals surface area contributed by atoms with Gasteiger partial charge in [0.2, 0.25) is 0 Å². The molecule has 1 aliphatic heterocycles. The molecular formula is C21H25N5O. The van der Waals surface area contributed by atoms with Crippen LogP contribution in [0.4, 0.5) is 0 Å². The van der Waals surface area contributed by atoms with Crippen LogP contribution in [0, 0.1) is 0 Å². The van der Waals surface area contributed by atoms with E-state index < -0.39 is 0 Å². The third kappa shape index (κ3) is 3.04. The van der Waals surface area contributed by atoms with Crippen LogP contribution in [0.3, 0.4) is 0 Å². The molecule has 3 aromatic rings. The average Bonchev–Trinajstić information content (AvgIpc) is 3.38. The van der Waals surface area contributed by atoms with E-state index in [2.05, 4.69) is 37.7 Å². The average molecular weight is 363 g/mol. The van der Waals surface area contributed by atoms with Crippen molar-refractivity contribution in [2.75, 3.05) is 13.7 Å². The molecule has 0 saturated carbocycles. The third-order valence-corrected chi connectivity index (χ3v) is 5.67. The maximum Gasteiger partial charge on any atom is 0.160 e. The number of fused-ring (bicyclic) bond motifs is 2. The van der Waals surface area contributed by atoms with Gasteiger partial charge in [0.05, 0.1) is 19.3 Å². The van der Waals surface area contributed by atoms with Crippen molar-refractivity contribution in [1.29, 1.82) is 0 Å². The normalized spacial score (nSPS) is 16.0. The van der Waals surface area contributed by atoms with Gasteiger partial charge in [-0.05, 0) is 55.5 Å². The summed E-state index contributed by atoms with van der Waals surface area (Å²) >= 11 is 0. The van der Waals surface area contributed by atoms with Crippen molar-refractivity contribution in [3.05, 3.63) is 53.0 Å². The summed E-state index contributed by atoms with van der Waals surface area (Å²) in [6.45, 7) is 3.62. The molecule has 0 saturated heterocycles. The Morgan fingerprint density at radius 2 is 2.04 bits per heavy atom. The first-order chi connectivity index (χ1) is 13.3. The Morgan fingerprint density at radius 3 is 2.93 bits per heavy atom. The molecule has 2 aliphatic rings. The van der Waals surface area contributed by atoms with Gasteiger partial charge < -0.3 is 14.6 Å². The number of ether oxygens (including phenoxy) is 1. The van der Waals surface area contributed by atoms with E-state index in [9.17, 15) is 0 Å². The highest BCUT2D eigenvalue weighted by molar-refractivity contribution is 5.52. The molecule has 2 aromatic heterocycles. The standard InChI is InChI=1S/C21H25N5O/c1-27-20-11-16-5-2-4-15(16)10-17(20)14-25-9-7-23-21(25)19-12-18-13-22-6-3-8-26(18)24-19/h7,9-12,22H,2-6,8,13-14H2,1H3. The monoisotopic (exact) mass is 363 g/mol. The highest BCUT2D eigenvalue weighted by Crippen LogP contribution is 2.31. The van der Waals surface area contributed by atoms with Crippen LogP contribution >= 0.6 is 0 Å². The number of methoxy groups -OCH3 is 1. The molecular weight excluding hydrogens is 338 g/mol. The summed E-state index contributed by atoms with van der Waals surface area (Å²) < 4.78 is 9.97. The zero-order chi connectivity index (χ0) is 18.2. The van der Waals surface area contributed by atoms with Crippen molar-refractivity contribution >= 4 is 0 Å². The molecule has 5 rings (SSSR count). The van der Waals surface area contributed by atoms with E-state index in [1.807, 2.05) is 12.4 Å². The number of rotatable bonds is 4. The molecule has 0 atom stereocenters. The van der Waals surface area contributed by atoms with Gasteiger partial charge in [-0.2, -0.15) is 5.10 Å². The van der Waals surface area contributed by atoms with Gasteiger partial charge in [-0.15, -0.1) is 0 Å². The van der Waals surface area contributed by atoms with Gasteiger partial charge in [0.25, 0.3) is 0 Å². The minimum absolute atomic E-state index is 0.742. The number of benzene rings is 1. The molecule has 1 aromatic carbocycles. The van der Waals surface area contributed by atoms with Crippen LogP contribution in [0.5, 0.6) is 5.75 Å². The number of nitrogens with one attached hydrogen (secondary N) is 1. The molecule has 6 nitrogen and oxygen atoms in total. The Hall–Kier alpha value is -2.60. The number of nitrogens with zero attached hydrogens (tertiary/aromatic N) is 4. The van der Waals surface area contributed by atoms with Crippen LogP contribution in [-0.4, -0.2) is 33.0 Å². The first kappa shape index (κ1) is 16.6. The molecule has 1 N–H and O–H groups in total. The predicted molar refractivity (Wildman–Crippen MR) is 104 cm³/mol. The lowest BCUT2D eigenvalue weighted by Gasteiger charge is -2.13. The van der Waals surface area contributed by atoms with Gasteiger partial charge in [-0.25, -0.2) is 4.98 Å². The second-order valence-corrected chi connectivity index (χ2v) is 7.44. The predicted octanol–water partition coefficient (Wildman–Crippen LogP) is 2.79. The zero-order valence-electron chi connectivity index (χ0n) is 15.7. The maximum atomic E-state index is 5.68. The Morgan fingerprint density at radius 1 is 1.15 bits per heavy atom. The Bertz CT molecular complexity index is 948. The van der Waals surface area contributed by atoms with E-state index >= 15 is 0 Å². The van der Waals surface area contributed by atoms with Crippen molar-refractivity contribution in [3.63, 3.8) is 0 Å². The van der Waals surface area contributed by atoms with E-state index in [0.717, 1.165) is 56.3 Å². The van der Waals surface area contributed by atoms with Crippen LogP contribution in [0.2, 0.25) is 0 Å². The molecule has 27 heavy (non-hydrogen) atoms. The summed E-state index contributed by atoms with van der Waals surface area (Å²) in [6, 6.07) is 6.70. The van der Waals surface area contributed by atoms with E-state index in [1.54, 1.807) is 7.11 Å². The smallest absolute Gasteiger partial charge is 0.160 e. The van der Waals surface area contributed by atoms with Gasteiger partial charge in [0, 0.05) is 31.0 Å². The van der Waals surface area contributed by atoms with Crippen LogP contribution in [0.1, 0.15) is 35.2 Å². The van der Waals surface area contributed by atoms with Gasteiger partial charge in [-0.3, -0.25) is 4.68 Å². The number of aryl methyl sites for hydroxylation is 3. The van der Waals surface area contributed by atoms with E-state index in [4.69, 9.17) is 9.84 Å². The molecule has 0 bridgehead atoms. The fraction of sp³-hybridized carbons (Fsp3) is 0.429. The summed E-state index contributed by atoms with van der Waals surface area (Å²) in [4.78, 5) is 4.60. The minimum Gasteiger partial charge on any atom is -0.496 e. The number of hydrogen-bond acceptors (Lipinski definition) is 4. The van der Waals surface area contributed by atoms with Gasteiger partial charge in [0.1, 0.15) is 11.4 Å². The lowest BCUT2D eigenvalue weighted by molar-refractivity contribution is 0.408. The molecule has 0 unspecified atom stereocenters. The fourth-order valence-corrected chi connectivity index (χ4v) is 4.29. The summed E-state index contributed by atoms with van der Waals surface area (Å²) in [6.07, 6.45) is 8.57. The van der Waals surface area contributed by atoms with Crippen LogP contribution < -0.4 is 10.1 Å². The van der Waals surface area contributed by atoms with Crippen molar-refractivity contribution in [2.24, 2.45) is 0 Å². The van der Waals surface area contributed by atoms with Gasteiger partial charge in [0.15, 0.2) is 5.82 Å². The van der Waals surface area contributed by atoms with E-state index in [0.29, 0.717) is 0 Å². The Balaban J connectivity index is 1.48. The largest absolute Gasteiger partial charge is 0.496 e. The van der Waals surface area contributed by atoms with E-state index in [-0.39, 0.29) is 0 Å². The molecule has 140 valence electrons. The molecule has 3 heterocycles. The maximum absolute atomic E-state index is 5.68. The SMILES string of the molecule is COc1cc2c(cc1Cn1ccnc1-c1cc3n(n1)CCCNC3)CCC2. The van der Waals surface area contributed by atoms with Crippen LogP contribution in [0.15, 0.2) is 30.6 Å². The zero-order valence-corrected chi connectivity index (χ0v) is 15.7. The molecule has 0 radical (unpaired) electrons. The van der Waals surface area contributed by atoms with Crippen LogP contribution in [0.25, 0.3) is 11.5 Å². The second-order valence-electron chi connectivity index (χ2n) is 7.44. The quantitative estimate of drug-likeness (QED) is 0.774. The second kappa shape index (κ2) is 6.85. The topological polar surface area (TPSA) is 56.9 Å². The molecule has 0 fully saturated rings. The molecule has 6 heteroatoms. The van der Waals surface area contributed by atoms with Crippen molar-refractivity contribution in [3.8, 4) is 17.3 Å². The highest BCUT2D eigenvalue weighted by Gasteiger charge is 2.18. The summed E-state index contributed by atoms with van der Waals surface area (Å²) in [5, 5.41) is 8.27. The lowest BCUT2D eigenvalue weighted by atomic mass is 10.0. The summed E-state index contributed by atoms with van der Waals surface area (Å²) in [7, 11) is 1.76. The van der Waals surface area contributed by atoms with Crippen molar-refractivity contribution in [1.82, 2.24) is 24.6 Å². The van der Waals surface area contributed by atoms with Crippen molar-refractivity contribution < 1.29 is 4.74 Å². The first-order valence-corrected chi connectivity index (χ1v) is 9.79. The van der Waals surface area contributed by atoms with Gasteiger partial charge >= 0.3 is 0 Å². The fourth-order valence-electron chi connectivity index (χ4n) is 4.29. The lowest BCUT2D eigenvalue weighted by Crippen LogP contribution is -2.11. The van der Waals surface area contributed by atoms with Crippen molar-refractivity contribution in [2.45, 2.75) is 45.3 Å². The Labute approximate surface area is 159 Å². The van der Waals surface area contributed by atoms with Gasteiger partial charge in [-0.1, -0.05) is 6.07 Å². The molecule has 1 aliphatic carbocycles. The summed E-state index contributed by atoms with van der Waals surface area (Å²) in [5.74, 6) is 1.89. The number of imidazole rings is 1. The number of aromatic nitrogens is 4.